The van der Waals surface area contributed by atoms with Crippen molar-refractivity contribution in [3.63, 3.8) is 0 Å². The van der Waals surface area contributed by atoms with Crippen LogP contribution in [0.1, 0.15) is 25.6 Å². The molecular formula is C16H20ClN3O2S. The van der Waals surface area contributed by atoms with E-state index in [1.165, 1.54) is 11.3 Å². The second-order valence-electron chi connectivity index (χ2n) is 4.72. The zero-order chi connectivity index (χ0) is 15.8. The largest absolute Gasteiger partial charge is 0.351 e. The number of thiophene rings is 1. The minimum Gasteiger partial charge on any atom is -0.351 e. The van der Waals surface area contributed by atoms with Crippen LogP contribution in [0, 0.1) is 0 Å². The van der Waals surface area contributed by atoms with E-state index >= 15 is 0 Å². The molecule has 2 aromatic rings. The van der Waals surface area contributed by atoms with E-state index in [1.54, 1.807) is 18.2 Å². The number of benzene rings is 1. The highest BCUT2D eigenvalue weighted by Gasteiger charge is 2.07. The van der Waals surface area contributed by atoms with Gasteiger partial charge in [-0.15, -0.1) is 23.7 Å². The molecule has 5 nitrogen and oxygen atoms in total. The molecule has 2 amide bonds. The van der Waals surface area contributed by atoms with Crippen LogP contribution in [0.4, 0.5) is 0 Å². The van der Waals surface area contributed by atoms with Crippen LogP contribution in [-0.4, -0.2) is 32.0 Å². The molecule has 0 aliphatic heterocycles. The van der Waals surface area contributed by atoms with Crippen molar-refractivity contribution in [2.75, 3.05) is 20.1 Å². The van der Waals surface area contributed by atoms with E-state index in [9.17, 15) is 9.59 Å². The number of nitrogens with one attached hydrogen (secondary N) is 3. The molecule has 2 rings (SSSR count). The van der Waals surface area contributed by atoms with Gasteiger partial charge in [0.05, 0.1) is 4.88 Å². The van der Waals surface area contributed by atoms with Gasteiger partial charge in [-0.25, -0.2) is 0 Å². The molecule has 0 bridgehead atoms. The quantitative estimate of drug-likeness (QED) is 0.667. The van der Waals surface area contributed by atoms with Gasteiger partial charge in [0.1, 0.15) is 0 Å². The summed E-state index contributed by atoms with van der Waals surface area (Å²) in [4.78, 5) is 24.4. The Bertz CT molecular complexity index is 615. The highest BCUT2D eigenvalue weighted by atomic mass is 35.5. The molecule has 0 radical (unpaired) electrons. The van der Waals surface area contributed by atoms with Crippen LogP contribution in [-0.2, 0) is 6.54 Å². The van der Waals surface area contributed by atoms with E-state index in [0.717, 1.165) is 12.1 Å². The molecule has 0 aliphatic rings. The van der Waals surface area contributed by atoms with Crippen molar-refractivity contribution in [1.29, 1.82) is 0 Å². The second-order valence-corrected chi connectivity index (χ2v) is 5.66. The van der Waals surface area contributed by atoms with Crippen molar-refractivity contribution in [1.82, 2.24) is 16.0 Å². The fraction of sp³-hybridized carbons (Fsp3) is 0.250. The van der Waals surface area contributed by atoms with Crippen molar-refractivity contribution < 1.29 is 9.59 Å². The van der Waals surface area contributed by atoms with Gasteiger partial charge in [0.2, 0.25) is 0 Å². The molecule has 1 heterocycles. The summed E-state index contributed by atoms with van der Waals surface area (Å²) in [7, 11) is 1.84. The van der Waals surface area contributed by atoms with Crippen molar-refractivity contribution in [2.24, 2.45) is 0 Å². The fourth-order valence-corrected chi connectivity index (χ4v) is 2.49. The molecule has 0 spiro atoms. The van der Waals surface area contributed by atoms with Gasteiger partial charge in [-0.05, 0) is 36.2 Å². The van der Waals surface area contributed by atoms with Gasteiger partial charge >= 0.3 is 0 Å². The van der Waals surface area contributed by atoms with Crippen molar-refractivity contribution in [3.05, 3.63) is 57.8 Å². The molecule has 124 valence electrons. The van der Waals surface area contributed by atoms with Gasteiger partial charge in [-0.3, -0.25) is 9.59 Å². The first kappa shape index (κ1) is 19.2. The Morgan fingerprint density at radius 1 is 1.00 bits per heavy atom. The van der Waals surface area contributed by atoms with Crippen LogP contribution < -0.4 is 16.0 Å². The summed E-state index contributed by atoms with van der Waals surface area (Å²) in [5.41, 5.74) is 1.57. The number of carbonyl (C=O) groups is 2. The third-order valence-electron chi connectivity index (χ3n) is 3.07. The first-order valence-electron chi connectivity index (χ1n) is 7.04. The SMILES string of the molecule is CNCCNC(=O)c1ccc(CNC(=O)c2cccs2)cc1.Cl. The van der Waals surface area contributed by atoms with Gasteiger partial charge in [-0.2, -0.15) is 0 Å². The molecule has 0 fully saturated rings. The summed E-state index contributed by atoms with van der Waals surface area (Å²) in [6.45, 7) is 1.77. The van der Waals surface area contributed by atoms with Crippen LogP contribution in [0.3, 0.4) is 0 Å². The minimum atomic E-state index is -0.0931. The zero-order valence-corrected chi connectivity index (χ0v) is 14.4. The maximum atomic E-state index is 11.8. The standard InChI is InChI=1S/C16H19N3O2S.ClH/c1-17-8-9-18-15(20)13-6-4-12(5-7-13)11-19-16(21)14-3-2-10-22-14;/h2-7,10,17H,8-9,11H2,1H3,(H,18,20)(H,19,21);1H. The highest BCUT2D eigenvalue weighted by Crippen LogP contribution is 2.09. The van der Waals surface area contributed by atoms with E-state index < -0.39 is 0 Å². The molecular weight excluding hydrogens is 334 g/mol. The van der Waals surface area contributed by atoms with E-state index in [1.807, 2.05) is 30.6 Å². The van der Waals surface area contributed by atoms with E-state index in [-0.39, 0.29) is 24.2 Å². The van der Waals surface area contributed by atoms with Crippen molar-refractivity contribution in [3.8, 4) is 0 Å². The maximum Gasteiger partial charge on any atom is 0.261 e. The maximum absolute atomic E-state index is 11.8. The predicted molar refractivity (Wildman–Crippen MR) is 95.4 cm³/mol. The van der Waals surface area contributed by atoms with Gasteiger partial charge in [0, 0.05) is 25.2 Å². The van der Waals surface area contributed by atoms with Gasteiger partial charge < -0.3 is 16.0 Å². The lowest BCUT2D eigenvalue weighted by Gasteiger charge is -2.07. The number of amides is 2. The summed E-state index contributed by atoms with van der Waals surface area (Å²) < 4.78 is 0. The number of rotatable bonds is 7. The average molecular weight is 354 g/mol. The molecule has 0 unspecified atom stereocenters. The number of hydrogen-bond acceptors (Lipinski definition) is 4. The van der Waals surface area contributed by atoms with Gasteiger partial charge in [0.15, 0.2) is 0 Å². The molecule has 0 saturated heterocycles. The Morgan fingerprint density at radius 3 is 2.35 bits per heavy atom. The van der Waals surface area contributed by atoms with E-state index in [4.69, 9.17) is 0 Å². The smallest absolute Gasteiger partial charge is 0.261 e. The molecule has 23 heavy (non-hydrogen) atoms. The molecule has 1 aromatic carbocycles. The van der Waals surface area contributed by atoms with Crippen LogP contribution >= 0.6 is 23.7 Å². The Balaban J connectivity index is 0.00000264. The summed E-state index contributed by atoms with van der Waals surface area (Å²) >= 11 is 1.41. The lowest BCUT2D eigenvalue weighted by atomic mass is 10.1. The summed E-state index contributed by atoms with van der Waals surface area (Å²) in [6.07, 6.45) is 0. The van der Waals surface area contributed by atoms with Crippen molar-refractivity contribution in [2.45, 2.75) is 6.54 Å². The lowest BCUT2D eigenvalue weighted by molar-refractivity contribution is 0.0945. The molecule has 7 heteroatoms. The molecule has 0 saturated carbocycles. The predicted octanol–water partition coefficient (Wildman–Crippen LogP) is 2.05. The molecule has 1 aromatic heterocycles. The summed E-state index contributed by atoms with van der Waals surface area (Å²) in [5, 5.41) is 10.5. The van der Waals surface area contributed by atoms with Gasteiger partial charge in [0.25, 0.3) is 11.8 Å². The van der Waals surface area contributed by atoms with E-state index in [0.29, 0.717) is 23.5 Å². The number of halogens is 1. The third kappa shape index (κ3) is 6.02. The van der Waals surface area contributed by atoms with Crippen LogP contribution in [0.15, 0.2) is 41.8 Å². The normalized spacial score (nSPS) is 9.78. The van der Waals surface area contributed by atoms with Crippen molar-refractivity contribution >= 4 is 35.6 Å². The van der Waals surface area contributed by atoms with E-state index in [2.05, 4.69) is 16.0 Å². The Kier molecular flexibility index (Phi) is 8.32. The Morgan fingerprint density at radius 2 is 1.74 bits per heavy atom. The second kappa shape index (κ2) is 9.99. The van der Waals surface area contributed by atoms with Crippen LogP contribution in [0.2, 0.25) is 0 Å². The first-order valence-corrected chi connectivity index (χ1v) is 7.92. The third-order valence-corrected chi connectivity index (χ3v) is 3.94. The Labute approximate surface area is 145 Å². The van der Waals surface area contributed by atoms with Crippen LogP contribution in [0.5, 0.6) is 0 Å². The topological polar surface area (TPSA) is 70.2 Å². The molecule has 0 atom stereocenters. The molecule has 3 N–H and O–H groups in total. The summed E-state index contributed by atoms with van der Waals surface area (Å²) in [5.74, 6) is -0.173. The number of hydrogen-bond donors (Lipinski definition) is 3. The minimum absolute atomic E-state index is 0. The number of carbonyl (C=O) groups excluding carboxylic acids is 2. The first-order chi connectivity index (χ1) is 10.7. The van der Waals surface area contributed by atoms with Crippen LogP contribution in [0.25, 0.3) is 0 Å². The van der Waals surface area contributed by atoms with Gasteiger partial charge in [-0.1, -0.05) is 18.2 Å². The monoisotopic (exact) mass is 353 g/mol. The number of likely N-dealkylation sites (N-methyl/N-ethyl adjacent to an activating group) is 1. The molecule has 0 aliphatic carbocycles. The zero-order valence-electron chi connectivity index (χ0n) is 12.8. The summed E-state index contributed by atoms with van der Waals surface area (Å²) in [6, 6.07) is 10.9. The average Bonchev–Trinajstić information content (AvgIpc) is 3.08. The fourth-order valence-electron chi connectivity index (χ4n) is 1.85. The lowest BCUT2D eigenvalue weighted by Crippen LogP contribution is -2.30. The highest BCUT2D eigenvalue weighted by molar-refractivity contribution is 7.12. The Hall–Kier alpha value is -1.89.